The maximum Gasteiger partial charge on any atom is 0.309 e. The lowest BCUT2D eigenvalue weighted by molar-refractivity contribution is -0.273. The second-order valence-electron chi connectivity index (χ2n) is 6.46. The van der Waals surface area contributed by atoms with E-state index in [2.05, 4.69) is 0 Å². The maximum atomic E-state index is 11.6. The number of aliphatic hydroxyl groups is 2. The van der Waals surface area contributed by atoms with Crippen LogP contribution in [-0.4, -0.2) is 53.5 Å². The van der Waals surface area contributed by atoms with E-state index < -0.39 is 18.5 Å². The molecule has 6 heteroatoms. The molecule has 1 heterocycles. The molecule has 2 aliphatic rings. The largest absolute Gasteiger partial charge is 0.466 e. The number of carbonyl (C=O) groups excluding carboxylic acids is 1. The number of ether oxygens (including phenoxy) is 3. The van der Waals surface area contributed by atoms with Crippen LogP contribution in [0.4, 0.5) is 0 Å². The molecule has 22 heavy (non-hydrogen) atoms. The zero-order valence-corrected chi connectivity index (χ0v) is 13.6. The Balaban J connectivity index is 1.66. The first-order valence-electron chi connectivity index (χ1n) is 8.26. The number of esters is 1. The Kier molecular flexibility index (Phi) is 6.20. The van der Waals surface area contributed by atoms with Crippen LogP contribution in [0.15, 0.2) is 0 Å². The predicted molar refractivity (Wildman–Crippen MR) is 79.0 cm³/mol. The molecule has 0 unspecified atom stereocenters. The van der Waals surface area contributed by atoms with Crippen LogP contribution in [0.2, 0.25) is 0 Å². The van der Waals surface area contributed by atoms with Gasteiger partial charge in [0.25, 0.3) is 0 Å². The fourth-order valence-corrected chi connectivity index (χ4v) is 2.92. The van der Waals surface area contributed by atoms with E-state index in [-0.39, 0.29) is 30.5 Å². The van der Waals surface area contributed by atoms with E-state index in [1.54, 1.807) is 6.92 Å². The summed E-state index contributed by atoms with van der Waals surface area (Å²) in [6, 6.07) is 0. The zero-order valence-electron chi connectivity index (χ0n) is 13.6. The Morgan fingerprint density at radius 2 is 2.05 bits per heavy atom. The third-order valence-corrected chi connectivity index (χ3v) is 4.51. The van der Waals surface area contributed by atoms with Gasteiger partial charge >= 0.3 is 5.97 Å². The quantitative estimate of drug-likeness (QED) is 0.687. The maximum absolute atomic E-state index is 11.6. The minimum absolute atomic E-state index is 0.0545. The summed E-state index contributed by atoms with van der Waals surface area (Å²) < 4.78 is 16.3. The van der Waals surface area contributed by atoms with Gasteiger partial charge in [0, 0.05) is 6.42 Å². The molecule has 6 nitrogen and oxygen atoms in total. The standard InChI is InChI=1S/C16H28O6/c1-4-20-15(19)12-7-11(12)6-5-9(2)21-16-14(18)8-13(17)10(3)22-16/h9-14,16-18H,4-8H2,1-3H3/t9-,10+,11-,12+,13-,14-,16-/m1/s1. The van der Waals surface area contributed by atoms with Crippen LogP contribution in [0.5, 0.6) is 0 Å². The molecule has 0 aromatic heterocycles. The lowest BCUT2D eigenvalue weighted by Gasteiger charge is -2.36. The van der Waals surface area contributed by atoms with E-state index in [1.807, 2.05) is 13.8 Å². The Morgan fingerprint density at radius 3 is 2.73 bits per heavy atom. The first-order valence-corrected chi connectivity index (χ1v) is 8.26. The van der Waals surface area contributed by atoms with Crippen molar-refractivity contribution in [2.24, 2.45) is 11.8 Å². The van der Waals surface area contributed by atoms with E-state index in [4.69, 9.17) is 14.2 Å². The second-order valence-corrected chi connectivity index (χ2v) is 6.46. The highest BCUT2D eigenvalue weighted by Gasteiger charge is 2.44. The molecule has 2 rings (SSSR count). The fourth-order valence-electron chi connectivity index (χ4n) is 2.92. The van der Waals surface area contributed by atoms with E-state index in [0.29, 0.717) is 12.5 Å². The van der Waals surface area contributed by atoms with Gasteiger partial charge in [-0.1, -0.05) is 0 Å². The zero-order chi connectivity index (χ0) is 16.3. The Labute approximate surface area is 131 Å². The van der Waals surface area contributed by atoms with Gasteiger partial charge in [-0.25, -0.2) is 0 Å². The second kappa shape index (κ2) is 7.73. The number of rotatable bonds is 7. The van der Waals surface area contributed by atoms with E-state index in [1.165, 1.54) is 0 Å². The first-order chi connectivity index (χ1) is 10.4. The smallest absolute Gasteiger partial charge is 0.309 e. The normalized spacial score (nSPS) is 39.3. The molecule has 0 aromatic carbocycles. The highest BCUT2D eigenvalue weighted by Crippen LogP contribution is 2.43. The Morgan fingerprint density at radius 1 is 1.32 bits per heavy atom. The molecule has 0 amide bonds. The van der Waals surface area contributed by atoms with Crippen molar-refractivity contribution in [1.29, 1.82) is 0 Å². The summed E-state index contributed by atoms with van der Waals surface area (Å²) >= 11 is 0. The van der Waals surface area contributed by atoms with Crippen molar-refractivity contribution in [2.75, 3.05) is 6.61 Å². The molecule has 1 aliphatic carbocycles. The molecular formula is C16H28O6. The monoisotopic (exact) mass is 316 g/mol. The molecule has 1 saturated heterocycles. The summed E-state index contributed by atoms with van der Waals surface area (Å²) in [5.41, 5.74) is 0. The topological polar surface area (TPSA) is 85.2 Å². The van der Waals surface area contributed by atoms with Crippen molar-refractivity contribution < 1.29 is 29.2 Å². The highest BCUT2D eigenvalue weighted by atomic mass is 16.7. The molecule has 7 atom stereocenters. The predicted octanol–water partition coefficient (Wildman–Crippen LogP) is 1.23. The summed E-state index contributed by atoms with van der Waals surface area (Å²) in [4.78, 5) is 11.6. The molecule has 0 aromatic rings. The molecular weight excluding hydrogens is 288 g/mol. The summed E-state index contributed by atoms with van der Waals surface area (Å²) in [5.74, 6) is 0.358. The fraction of sp³-hybridized carbons (Fsp3) is 0.938. The minimum atomic E-state index is -0.804. The van der Waals surface area contributed by atoms with Crippen molar-refractivity contribution in [1.82, 2.24) is 0 Å². The summed E-state index contributed by atoms with van der Waals surface area (Å²) in [6.45, 7) is 5.96. The van der Waals surface area contributed by atoms with Crippen LogP contribution in [0.3, 0.4) is 0 Å². The van der Waals surface area contributed by atoms with Gasteiger partial charge in [-0.2, -0.15) is 0 Å². The van der Waals surface area contributed by atoms with Crippen molar-refractivity contribution in [3.8, 4) is 0 Å². The minimum Gasteiger partial charge on any atom is -0.466 e. The molecule has 1 saturated carbocycles. The highest BCUT2D eigenvalue weighted by molar-refractivity contribution is 5.75. The number of hydrogen-bond acceptors (Lipinski definition) is 6. The van der Waals surface area contributed by atoms with Crippen molar-refractivity contribution in [2.45, 2.75) is 77.2 Å². The third kappa shape index (κ3) is 4.65. The van der Waals surface area contributed by atoms with Gasteiger partial charge in [-0.05, 0) is 46.0 Å². The third-order valence-electron chi connectivity index (χ3n) is 4.51. The van der Waals surface area contributed by atoms with E-state index in [9.17, 15) is 15.0 Å². The van der Waals surface area contributed by atoms with Crippen LogP contribution in [0, 0.1) is 11.8 Å². The molecule has 0 spiro atoms. The summed E-state index contributed by atoms with van der Waals surface area (Å²) in [6.07, 6.45) is 0.346. The summed E-state index contributed by atoms with van der Waals surface area (Å²) in [5, 5.41) is 19.5. The van der Waals surface area contributed by atoms with Gasteiger partial charge in [0.1, 0.15) is 6.10 Å². The van der Waals surface area contributed by atoms with Crippen LogP contribution in [0.25, 0.3) is 0 Å². The van der Waals surface area contributed by atoms with E-state index >= 15 is 0 Å². The van der Waals surface area contributed by atoms with Gasteiger partial charge in [-0.3, -0.25) is 4.79 Å². The van der Waals surface area contributed by atoms with Gasteiger partial charge < -0.3 is 24.4 Å². The Hall–Kier alpha value is -0.690. The average Bonchev–Trinajstić information content (AvgIpc) is 3.22. The lowest BCUT2D eigenvalue weighted by Crippen LogP contribution is -2.48. The van der Waals surface area contributed by atoms with Crippen molar-refractivity contribution in [3.63, 3.8) is 0 Å². The molecule has 128 valence electrons. The molecule has 0 radical (unpaired) electrons. The first kappa shape index (κ1) is 17.7. The SMILES string of the molecule is CCOC(=O)[C@H]1C[C@H]1CC[C@@H](C)O[C@@H]1O[C@@H](C)[C@H](O)C[C@H]1O. The molecule has 0 bridgehead atoms. The van der Waals surface area contributed by atoms with Gasteiger partial charge in [0.05, 0.1) is 30.8 Å². The van der Waals surface area contributed by atoms with Crippen LogP contribution < -0.4 is 0 Å². The number of aliphatic hydroxyl groups excluding tert-OH is 2. The molecule has 1 aliphatic heterocycles. The van der Waals surface area contributed by atoms with Crippen molar-refractivity contribution in [3.05, 3.63) is 0 Å². The van der Waals surface area contributed by atoms with Crippen LogP contribution >= 0.6 is 0 Å². The van der Waals surface area contributed by atoms with Crippen molar-refractivity contribution >= 4 is 5.97 Å². The Bertz CT molecular complexity index is 374. The van der Waals surface area contributed by atoms with Gasteiger partial charge in [0.2, 0.25) is 0 Å². The lowest BCUT2D eigenvalue weighted by atomic mass is 10.0. The number of carbonyl (C=O) groups is 1. The number of hydrogen-bond donors (Lipinski definition) is 2. The molecule has 2 N–H and O–H groups in total. The van der Waals surface area contributed by atoms with Crippen LogP contribution in [-0.2, 0) is 19.0 Å². The molecule has 2 fully saturated rings. The average molecular weight is 316 g/mol. The van der Waals surface area contributed by atoms with Gasteiger partial charge in [-0.15, -0.1) is 0 Å². The summed E-state index contributed by atoms with van der Waals surface area (Å²) in [7, 11) is 0. The van der Waals surface area contributed by atoms with E-state index in [0.717, 1.165) is 19.3 Å². The van der Waals surface area contributed by atoms with Gasteiger partial charge in [0.15, 0.2) is 6.29 Å². The van der Waals surface area contributed by atoms with Crippen LogP contribution in [0.1, 0.15) is 46.5 Å².